The van der Waals surface area contributed by atoms with Crippen molar-refractivity contribution in [3.05, 3.63) is 12.8 Å². The molecule has 0 aliphatic carbocycles. The molecular weight excluding hydrogens is 134 g/mol. The summed E-state index contributed by atoms with van der Waals surface area (Å²) in [6, 6.07) is 0.599. The first-order chi connectivity index (χ1) is 5.22. The van der Waals surface area contributed by atoms with Crippen LogP contribution in [0.5, 0.6) is 0 Å². The second-order valence-corrected chi connectivity index (χ2v) is 2.51. The number of nitrogens with zero attached hydrogens (tertiary/aromatic N) is 1. The predicted molar refractivity (Wildman–Crippen MR) is 53.7 cm³/mol. The zero-order valence-electron chi connectivity index (χ0n) is 8.72. The van der Waals surface area contributed by atoms with E-state index in [4.69, 9.17) is 0 Å². The Bertz CT molecular complexity index is 76.9. The highest BCUT2D eigenvalue weighted by Crippen LogP contribution is 1.98. The van der Waals surface area contributed by atoms with Gasteiger partial charge in [0.1, 0.15) is 0 Å². The molecule has 0 saturated carbocycles. The lowest BCUT2D eigenvalue weighted by atomic mass is 10.3. The quantitative estimate of drug-likeness (QED) is 0.605. The van der Waals surface area contributed by atoms with E-state index < -0.39 is 0 Å². The average molecular weight is 157 g/mol. The van der Waals surface area contributed by atoms with Crippen molar-refractivity contribution in [3.63, 3.8) is 0 Å². The van der Waals surface area contributed by atoms with E-state index in [0.29, 0.717) is 6.04 Å². The summed E-state index contributed by atoms with van der Waals surface area (Å²) in [6.45, 7) is 15.4. The van der Waals surface area contributed by atoms with E-state index in [1.807, 2.05) is 20.0 Å². The van der Waals surface area contributed by atoms with Crippen LogP contribution in [0.1, 0.15) is 41.0 Å². The van der Waals surface area contributed by atoms with Crippen molar-refractivity contribution in [2.45, 2.75) is 47.1 Å². The smallest absolute Gasteiger partial charge is 0.0227 e. The van der Waals surface area contributed by atoms with Crippen molar-refractivity contribution in [1.29, 1.82) is 0 Å². The summed E-state index contributed by atoms with van der Waals surface area (Å²) >= 11 is 0. The Morgan fingerprint density at radius 3 is 1.91 bits per heavy atom. The third-order valence-corrected chi connectivity index (χ3v) is 1.38. The van der Waals surface area contributed by atoms with Crippen LogP contribution in [0, 0.1) is 0 Å². The van der Waals surface area contributed by atoms with Crippen molar-refractivity contribution >= 4 is 0 Å². The standard InChI is InChI=1S/C8H17N.C2H6/c1-5-7-9(6-2)8(3)4;1-2/h6,8H,2,5,7H2,1,3-4H3;1-2H3. The van der Waals surface area contributed by atoms with E-state index in [2.05, 4.69) is 32.3 Å². The van der Waals surface area contributed by atoms with Gasteiger partial charge in [-0.05, 0) is 26.5 Å². The summed E-state index contributed by atoms with van der Waals surface area (Å²) in [5.74, 6) is 0. The van der Waals surface area contributed by atoms with Gasteiger partial charge in [-0.3, -0.25) is 0 Å². The number of hydrogen-bond donors (Lipinski definition) is 0. The minimum Gasteiger partial charge on any atom is -0.376 e. The van der Waals surface area contributed by atoms with Gasteiger partial charge in [-0.15, -0.1) is 0 Å². The highest BCUT2D eigenvalue weighted by atomic mass is 15.1. The summed E-state index contributed by atoms with van der Waals surface area (Å²) in [5.41, 5.74) is 0. The first kappa shape index (κ1) is 13.2. The molecule has 0 aromatic rings. The third-order valence-electron chi connectivity index (χ3n) is 1.38. The second kappa shape index (κ2) is 9.54. The molecule has 0 aromatic heterocycles. The normalized spacial score (nSPS) is 8.55. The van der Waals surface area contributed by atoms with Crippen LogP contribution in [-0.2, 0) is 0 Å². The fourth-order valence-corrected chi connectivity index (χ4v) is 0.819. The SMILES string of the molecule is C=CN(CCC)C(C)C.CC. The van der Waals surface area contributed by atoms with Gasteiger partial charge < -0.3 is 4.90 Å². The Morgan fingerprint density at radius 2 is 1.82 bits per heavy atom. The number of hydrogen-bond acceptors (Lipinski definition) is 1. The fraction of sp³-hybridized carbons (Fsp3) is 0.800. The Kier molecular flexibility index (Phi) is 11.4. The van der Waals surface area contributed by atoms with Crippen LogP contribution < -0.4 is 0 Å². The molecule has 0 aliphatic heterocycles. The average Bonchev–Trinajstić information content (AvgIpc) is 2.03. The highest BCUT2D eigenvalue weighted by Gasteiger charge is 1.99. The highest BCUT2D eigenvalue weighted by molar-refractivity contribution is 4.73. The maximum Gasteiger partial charge on any atom is 0.0227 e. The first-order valence-electron chi connectivity index (χ1n) is 4.60. The molecule has 0 bridgehead atoms. The Balaban J connectivity index is 0. The van der Waals surface area contributed by atoms with E-state index >= 15 is 0 Å². The molecule has 0 N–H and O–H groups in total. The van der Waals surface area contributed by atoms with Gasteiger partial charge in [0, 0.05) is 12.6 Å². The maximum atomic E-state index is 3.73. The molecule has 0 radical (unpaired) electrons. The molecule has 0 aliphatic rings. The zero-order valence-corrected chi connectivity index (χ0v) is 8.72. The minimum atomic E-state index is 0.599. The predicted octanol–water partition coefficient (Wildman–Crippen LogP) is 3.28. The largest absolute Gasteiger partial charge is 0.376 e. The van der Waals surface area contributed by atoms with Gasteiger partial charge >= 0.3 is 0 Å². The lowest BCUT2D eigenvalue weighted by Crippen LogP contribution is -2.25. The maximum absolute atomic E-state index is 3.73. The summed E-state index contributed by atoms with van der Waals surface area (Å²) in [7, 11) is 0. The van der Waals surface area contributed by atoms with Crippen LogP contribution in [0.2, 0.25) is 0 Å². The van der Waals surface area contributed by atoms with Crippen LogP contribution in [0.4, 0.5) is 0 Å². The van der Waals surface area contributed by atoms with Crippen LogP contribution in [0.15, 0.2) is 12.8 Å². The zero-order chi connectivity index (χ0) is 9.28. The molecule has 0 unspecified atom stereocenters. The number of rotatable bonds is 4. The molecule has 68 valence electrons. The van der Waals surface area contributed by atoms with Crippen molar-refractivity contribution in [2.24, 2.45) is 0 Å². The Labute approximate surface area is 72.1 Å². The monoisotopic (exact) mass is 157 g/mol. The molecule has 0 saturated heterocycles. The molecule has 11 heavy (non-hydrogen) atoms. The molecule has 0 fully saturated rings. The summed E-state index contributed by atoms with van der Waals surface area (Å²) in [6.07, 6.45) is 3.11. The van der Waals surface area contributed by atoms with E-state index in [0.717, 1.165) is 6.54 Å². The van der Waals surface area contributed by atoms with Crippen LogP contribution in [0.25, 0.3) is 0 Å². The molecule has 0 spiro atoms. The Hall–Kier alpha value is -0.460. The molecule has 0 aromatic carbocycles. The molecule has 1 nitrogen and oxygen atoms in total. The second-order valence-electron chi connectivity index (χ2n) is 2.51. The molecular formula is C10H23N. The van der Waals surface area contributed by atoms with Gasteiger partial charge in [0.15, 0.2) is 0 Å². The van der Waals surface area contributed by atoms with Crippen molar-refractivity contribution in [3.8, 4) is 0 Å². The van der Waals surface area contributed by atoms with E-state index in [1.165, 1.54) is 6.42 Å². The summed E-state index contributed by atoms with van der Waals surface area (Å²) in [5, 5.41) is 0. The third kappa shape index (κ3) is 7.44. The van der Waals surface area contributed by atoms with Crippen molar-refractivity contribution < 1.29 is 0 Å². The summed E-state index contributed by atoms with van der Waals surface area (Å²) < 4.78 is 0. The van der Waals surface area contributed by atoms with Gasteiger partial charge in [0.05, 0.1) is 0 Å². The molecule has 1 heteroatoms. The Morgan fingerprint density at radius 1 is 1.36 bits per heavy atom. The van der Waals surface area contributed by atoms with E-state index in [-0.39, 0.29) is 0 Å². The lowest BCUT2D eigenvalue weighted by molar-refractivity contribution is 0.312. The van der Waals surface area contributed by atoms with Gasteiger partial charge in [0.25, 0.3) is 0 Å². The molecule has 0 atom stereocenters. The lowest BCUT2D eigenvalue weighted by Gasteiger charge is -2.23. The van der Waals surface area contributed by atoms with Gasteiger partial charge in [0.2, 0.25) is 0 Å². The van der Waals surface area contributed by atoms with E-state index in [9.17, 15) is 0 Å². The fourth-order valence-electron chi connectivity index (χ4n) is 0.819. The van der Waals surface area contributed by atoms with Crippen LogP contribution in [0.3, 0.4) is 0 Å². The first-order valence-corrected chi connectivity index (χ1v) is 4.60. The van der Waals surface area contributed by atoms with Gasteiger partial charge in [-0.2, -0.15) is 0 Å². The minimum absolute atomic E-state index is 0.599. The van der Waals surface area contributed by atoms with Crippen molar-refractivity contribution in [2.75, 3.05) is 6.54 Å². The van der Waals surface area contributed by atoms with Crippen molar-refractivity contribution in [1.82, 2.24) is 4.90 Å². The molecule has 0 heterocycles. The van der Waals surface area contributed by atoms with E-state index in [1.54, 1.807) is 0 Å². The summed E-state index contributed by atoms with van der Waals surface area (Å²) in [4.78, 5) is 2.24. The molecule has 0 rings (SSSR count). The van der Waals surface area contributed by atoms with Crippen LogP contribution >= 0.6 is 0 Å². The topological polar surface area (TPSA) is 3.24 Å². The molecule has 0 amide bonds. The van der Waals surface area contributed by atoms with Gasteiger partial charge in [-0.25, -0.2) is 0 Å². The van der Waals surface area contributed by atoms with Gasteiger partial charge in [-0.1, -0.05) is 27.4 Å². The van der Waals surface area contributed by atoms with Crippen LogP contribution in [-0.4, -0.2) is 17.5 Å².